The third-order valence-electron chi connectivity index (χ3n) is 3.08. The van der Waals surface area contributed by atoms with Gasteiger partial charge in [-0.2, -0.15) is 0 Å². The van der Waals surface area contributed by atoms with Crippen molar-refractivity contribution in [2.45, 2.75) is 38.8 Å². The van der Waals surface area contributed by atoms with E-state index < -0.39 is 0 Å². The summed E-state index contributed by atoms with van der Waals surface area (Å²) < 4.78 is 7.63. The molecule has 4 heteroatoms. The molecule has 0 spiro atoms. The van der Waals surface area contributed by atoms with Crippen LogP contribution < -0.4 is 5.73 Å². The smallest absolute Gasteiger partial charge is 0.128 e. The van der Waals surface area contributed by atoms with Gasteiger partial charge in [-0.25, -0.2) is 4.98 Å². The third-order valence-corrected chi connectivity index (χ3v) is 3.08. The van der Waals surface area contributed by atoms with Gasteiger partial charge in [0.1, 0.15) is 17.6 Å². The summed E-state index contributed by atoms with van der Waals surface area (Å²) in [6, 6.07) is 3.93. The number of aryl methyl sites for hydroxylation is 1. The Morgan fingerprint density at radius 3 is 2.88 bits per heavy atom. The zero-order chi connectivity index (χ0) is 12.3. The minimum Gasteiger partial charge on any atom is -0.467 e. The molecule has 0 saturated carbocycles. The van der Waals surface area contributed by atoms with Crippen LogP contribution in [0.4, 0.5) is 0 Å². The van der Waals surface area contributed by atoms with Crippen molar-refractivity contribution in [3.05, 3.63) is 42.4 Å². The summed E-state index contributed by atoms with van der Waals surface area (Å²) >= 11 is 0. The van der Waals surface area contributed by atoms with E-state index in [9.17, 15) is 0 Å². The predicted octanol–water partition coefficient (Wildman–Crippen LogP) is 2.37. The van der Waals surface area contributed by atoms with Gasteiger partial charge in [0, 0.05) is 24.9 Å². The van der Waals surface area contributed by atoms with Gasteiger partial charge < -0.3 is 14.7 Å². The second kappa shape index (κ2) is 5.19. The zero-order valence-corrected chi connectivity index (χ0v) is 10.3. The van der Waals surface area contributed by atoms with Gasteiger partial charge >= 0.3 is 0 Å². The van der Waals surface area contributed by atoms with Crippen LogP contribution in [0.2, 0.25) is 0 Å². The molecule has 2 heterocycles. The number of furan rings is 1. The normalized spacial score (nSPS) is 14.8. The average Bonchev–Trinajstić information content (AvgIpc) is 3.00. The molecule has 2 aromatic rings. The third kappa shape index (κ3) is 2.26. The van der Waals surface area contributed by atoms with E-state index in [1.54, 1.807) is 6.26 Å². The summed E-state index contributed by atoms with van der Waals surface area (Å²) in [4.78, 5) is 4.35. The SMILES string of the molecule is CCc1nccn1C(c1ccco1)C(N)CC. The summed E-state index contributed by atoms with van der Waals surface area (Å²) in [5.74, 6) is 1.93. The van der Waals surface area contributed by atoms with Gasteiger partial charge in [0.05, 0.1) is 6.26 Å². The molecule has 17 heavy (non-hydrogen) atoms. The van der Waals surface area contributed by atoms with Crippen LogP contribution in [0.25, 0.3) is 0 Å². The molecule has 2 aromatic heterocycles. The molecular weight excluding hydrogens is 214 g/mol. The fourth-order valence-corrected chi connectivity index (χ4v) is 2.11. The van der Waals surface area contributed by atoms with Crippen molar-refractivity contribution >= 4 is 0 Å². The highest BCUT2D eigenvalue weighted by atomic mass is 16.3. The molecule has 92 valence electrons. The molecule has 2 unspecified atom stereocenters. The van der Waals surface area contributed by atoms with Crippen molar-refractivity contribution in [2.75, 3.05) is 0 Å². The number of hydrogen-bond donors (Lipinski definition) is 1. The highest BCUT2D eigenvalue weighted by Crippen LogP contribution is 2.24. The molecular formula is C13H19N3O. The van der Waals surface area contributed by atoms with Crippen molar-refractivity contribution in [3.8, 4) is 0 Å². The zero-order valence-electron chi connectivity index (χ0n) is 10.3. The molecule has 0 saturated heterocycles. The number of nitrogens with two attached hydrogens (primary N) is 1. The number of rotatable bonds is 5. The molecule has 2 N–H and O–H groups in total. The van der Waals surface area contributed by atoms with Gasteiger partial charge in [0.25, 0.3) is 0 Å². The van der Waals surface area contributed by atoms with E-state index in [4.69, 9.17) is 10.2 Å². The highest BCUT2D eigenvalue weighted by molar-refractivity contribution is 5.12. The molecule has 0 aliphatic carbocycles. The Morgan fingerprint density at radius 2 is 2.29 bits per heavy atom. The van der Waals surface area contributed by atoms with Gasteiger partial charge in [-0.15, -0.1) is 0 Å². The first-order chi connectivity index (χ1) is 8.27. The van der Waals surface area contributed by atoms with Crippen molar-refractivity contribution in [1.82, 2.24) is 9.55 Å². The highest BCUT2D eigenvalue weighted by Gasteiger charge is 2.24. The Kier molecular flexibility index (Phi) is 3.64. The van der Waals surface area contributed by atoms with Crippen LogP contribution in [0.5, 0.6) is 0 Å². The van der Waals surface area contributed by atoms with Crippen molar-refractivity contribution < 1.29 is 4.42 Å². The van der Waals surface area contributed by atoms with Crippen LogP contribution in [0, 0.1) is 0 Å². The monoisotopic (exact) mass is 233 g/mol. The molecule has 2 atom stereocenters. The molecule has 0 fully saturated rings. The van der Waals surface area contributed by atoms with Crippen LogP contribution in [0.3, 0.4) is 0 Å². The van der Waals surface area contributed by atoms with Crippen molar-refractivity contribution in [2.24, 2.45) is 5.73 Å². The van der Waals surface area contributed by atoms with Gasteiger partial charge in [0.2, 0.25) is 0 Å². The maximum absolute atomic E-state index is 6.21. The van der Waals surface area contributed by atoms with E-state index in [1.165, 1.54) is 0 Å². The number of aromatic nitrogens is 2. The van der Waals surface area contributed by atoms with E-state index in [-0.39, 0.29) is 12.1 Å². The Labute approximate surface area is 101 Å². The van der Waals surface area contributed by atoms with Crippen LogP contribution in [0.15, 0.2) is 35.2 Å². The van der Waals surface area contributed by atoms with Crippen molar-refractivity contribution in [3.63, 3.8) is 0 Å². The summed E-state index contributed by atoms with van der Waals surface area (Å²) in [6.07, 6.45) is 7.26. The van der Waals surface area contributed by atoms with E-state index in [2.05, 4.69) is 23.4 Å². The lowest BCUT2D eigenvalue weighted by Crippen LogP contribution is -2.32. The molecule has 4 nitrogen and oxygen atoms in total. The quantitative estimate of drug-likeness (QED) is 0.862. The lowest BCUT2D eigenvalue weighted by atomic mass is 10.0. The fourth-order valence-electron chi connectivity index (χ4n) is 2.11. The number of imidazole rings is 1. The summed E-state index contributed by atoms with van der Waals surface area (Å²) in [6.45, 7) is 4.18. The summed E-state index contributed by atoms with van der Waals surface area (Å²) in [5, 5.41) is 0. The molecule has 0 bridgehead atoms. The maximum atomic E-state index is 6.21. The molecule has 0 radical (unpaired) electrons. The van der Waals surface area contributed by atoms with E-state index >= 15 is 0 Å². The molecule has 2 rings (SSSR count). The number of nitrogens with zero attached hydrogens (tertiary/aromatic N) is 2. The standard InChI is InChI=1S/C13H19N3O/c1-3-10(14)13(11-6-5-9-17-11)16-8-7-15-12(16)4-2/h5-10,13H,3-4,14H2,1-2H3. The first-order valence-corrected chi connectivity index (χ1v) is 6.08. The largest absolute Gasteiger partial charge is 0.467 e. The minimum atomic E-state index is 0.0284. The van der Waals surface area contributed by atoms with Crippen LogP contribution in [0.1, 0.15) is 37.9 Å². The molecule has 0 aliphatic rings. The van der Waals surface area contributed by atoms with Crippen LogP contribution in [-0.4, -0.2) is 15.6 Å². The first-order valence-electron chi connectivity index (χ1n) is 6.08. The Morgan fingerprint density at radius 1 is 1.47 bits per heavy atom. The van der Waals surface area contributed by atoms with E-state index in [0.29, 0.717) is 0 Å². The van der Waals surface area contributed by atoms with Gasteiger partial charge in [-0.05, 0) is 18.6 Å². The summed E-state index contributed by atoms with van der Waals surface area (Å²) in [5.41, 5.74) is 6.21. The van der Waals surface area contributed by atoms with Crippen LogP contribution in [-0.2, 0) is 6.42 Å². The maximum Gasteiger partial charge on any atom is 0.128 e. The average molecular weight is 233 g/mol. The molecule has 0 amide bonds. The lowest BCUT2D eigenvalue weighted by Gasteiger charge is -2.24. The lowest BCUT2D eigenvalue weighted by molar-refractivity contribution is 0.366. The van der Waals surface area contributed by atoms with Crippen LogP contribution >= 0.6 is 0 Å². The molecule has 0 aromatic carbocycles. The minimum absolute atomic E-state index is 0.0284. The topological polar surface area (TPSA) is 57.0 Å². The van der Waals surface area contributed by atoms with E-state index in [1.807, 2.05) is 24.5 Å². The summed E-state index contributed by atoms with van der Waals surface area (Å²) in [7, 11) is 0. The Bertz CT molecular complexity index is 447. The second-order valence-corrected chi connectivity index (χ2v) is 4.14. The van der Waals surface area contributed by atoms with Gasteiger partial charge in [-0.1, -0.05) is 13.8 Å². The second-order valence-electron chi connectivity index (χ2n) is 4.14. The van der Waals surface area contributed by atoms with Crippen molar-refractivity contribution in [1.29, 1.82) is 0 Å². The van der Waals surface area contributed by atoms with Gasteiger partial charge in [0.15, 0.2) is 0 Å². The predicted molar refractivity (Wildman–Crippen MR) is 66.7 cm³/mol. The Balaban J connectivity index is 2.40. The first kappa shape index (κ1) is 11.9. The van der Waals surface area contributed by atoms with Gasteiger partial charge in [-0.3, -0.25) is 0 Å². The fraction of sp³-hybridized carbons (Fsp3) is 0.462. The molecule has 0 aliphatic heterocycles. The van der Waals surface area contributed by atoms with E-state index in [0.717, 1.165) is 24.4 Å². The number of hydrogen-bond acceptors (Lipinski definition) is 3. The Hall–Kier alpha value is -1.55.